The monoisotopic (exact) mass is 287 g/mol. The van der Waals surface area contributed by atoms with Crippen molar-refractivity contribution in [3.63, 3.8) is 0 Å². The van der Waals surface area contributed by atoms with E-state index in [1.165, 1.54) is 32.1 Å². The van der Waals surface area contributed by atoms with Crippen molar-refractivity contribution in [3.05, 3.63) is 23.8 Å². The first-order valence-corrected chi connectivity index (χ1v) is 8.41. The van der Waals surface area contributed by atoms with Crippen molar-refractivity contribution in [2.24, 2.45) is 5.92 Å². The van der Waals surface area contributed by atoms with Crippen LogP contribution < -0.4 is 5.32 Å². The second kappa shape index (κ2) is 7.01. The van der Waals surface area contributed by atoms with Gasteiger partial charge in [0.15, 0.2) is 0 Å². The standard InChI is InChI=1S/C17H25N3O/c21-17(10-9-13-5-2-1-3-6-13)20-16-8-4-7-15-14(16)11-18-12-19-15/h11-13,16H,1-10H2,(H,20,21)/t16-/m0/s1. The van der Waals surface area contributed by atoms with Crippen molar-refractivity contribution >= 4 is 5.91 Å². The predicted molar refractivity (Wildman–Crippen MR) is 81.7 cm³/mol. The number of hydrogen-bond acceptors (Lipinski definition) is 3. The fourth-order valence-electron chi connectivity index (χ4n) is 3.72. The Morgan fingerprint density at radius 3 is 2.90 bits per heavy atom. The van der Waals surface area contributed by atoms with E-state index < -0.39 is 0 Å². The zero-order valence-corrected chi connectivity index (χ0v) is 12.7. The average molecular weight is 287 g/mol. The molecule has 1 aromatic heterocycles. The lowest BCUT2D eigenvalue weighted by Crippen LogP contribution is -2.31. The number of nitrogens with one attached hydrogen (secondary N) is 1. The van der Waals surface area contributed by atoms with Crippen LogP contribution in [0.1, 0.15) is 75.1 Å². The molecule has 2 aliphatic rings. The van der Waals surface area contributed by atoms with Crippen LogP contribution in [-0.2, 0) is 11.2 Å². The summed E-state index contributed by atoms with van der Waals surface area (Å²) < 4.78 is 0. The number of amides is 1. The van der Waals surface area contributed by atoms with Gasteiger partial charge in [0.2, 0.25) is 5.91 Å². The van der Waals surface area contributed by atoms with Crippen molar-refractivity contribution in [2.45, 2.75) is 70.3 Å². The lowest BCUT2D eigenvalue weighted by Gasteiger charge is -2.26. The number of carbonyl (C=O) groups excluding carboxylic acids is 1. The molecule has 0 spiro atoms. The average Bonchev–Trinajstić information content (AvgIpc) is 2.54. The van der Waals surface area contributed by atoms with Crippen LogP contribution in [0.4, 0.5) is 0 Å². The summed E-state index contributed by atoms with van der Waals surface area (Å²) in [5.41, 5.74) is 2.23. The van der Waals surface area contributed by atoms with Gasteiger partial charge in [-0.25, -0.2) is 9.97 Å². The normalized spacial score (nSPS) is 22.6. The van der Waals surface area contributed by atoms with Crippen molar-refractivity contribution in [3.8, 4) is 0 Å². The maximum absolute atomic E-state index is 12.2. The van der Waals surface area contributed by atoms with Crippen LogP contribution in [0.2, 0.25) is 0 Å². The minimum atomic E-state index is 0.119. The molecule has 0 bridgehead atoms. The molecule has 1 heterocycles. The highest BCUT2D eigenvalue weighted by molar-refractivity contribution is 5.76. The lowest BCUT2D eigenvalue weighted by atomic mass is 9.86. The second-order valence-corrected chi connectivity index (χ2v) is 6.48. The van der Waals surface area contributed by atoms with Crippen molar-refractivity contribution in [1.29, 1.82) is 0 Å². The SMILES string of the molecule is O=C(CCC1CCCCC1)N[C@H]1CCCc2ncncc21. The third-order valence-electron chi connectivity index (χ3n) is 4.95. The van der Waals surface area contributed by atoms with Crippen molar-refractivity contribution < 1.29 is 4.79 Å². The maximum Gasteiger partial charge on any atom is 0.220 e. The summed E-state index contributed by atoms with van der Waals surface area (Å²) in [6.07, 6.45) is 15.0. The molecular weight excluding hydrogens is 262 g/mol. The fourth-order valence-corrected chi connectivity index (χ4v) is 3.72. The van der Waals surface area contributed by atoms with Gasteiger partial charge < -0.3 is 5.32 Å². The first-order chi connectivity index (χ1) is 10.3. The summed E-state index contributed by atoms with van der Waals surface area (Å²) in [5.74, 6) is 0.966. The van der Waals surface area contributed by atoms with Gasteiger partial charge in [-0.2, -0.15) is 0 Å². The van der Waals surface area contributed by atoms with Gasteiger partial charge in [0.25, 0.3) is 0 Å². The van der Waals surface area contributed by atoms with E-state index in [1.807, 2.05) is 6.20 Å². The molecule has 4 nitrogen and oxygen atoms in total. The first-order valence-electron chi connectivity index (χ1n) is 8.41. The summed E-state index contributed by atoms with van der Waals surface area (Å²) in [7, 11) is 0. The second-order valence-electron chi connectivity index (χ2n) is 6.48. The third-order valence-corrected chi connectivity index (χ3v) is 4.95. The summed E-state index contributed by atoms with van der Waals surface area (Å²) in [6.45, 7) is 0. The number of rotatable bonds is 4. The van der Waals surface area contributed by atoms with Crippen LogP contribution in [0.25, 0.3) is 0 Å². The Balaban J connectivity index is 1.51. The van der Waals surface area contributed by atoms with Gasteiger partial charge in [0.05, 0.1) is 6.04 Å². The van der Waals surface area contributed by atoms with Gasteiger partial charge in [-0.05, 0) is 31.6 Å². The Labute approximate surface area is 126 Å². The maximum atomic E-state index is 12.2. The number of fused-ring (bicyclic) bond motifs is 1. The minimum Gasteiger partial charge on any atom is -0.349 e. The van der Waals surface area contributed by atoms with Crippen molar-refractivity contribution in [1.82, 2.24) is 15.3 Å². The molecule has 1 aromatic rings. The van der Waals surface area contributed by atoms with Crippen LogP contribution in [0.5, 0.6) is 0 Å². The zero-order valence-electron chi connectivity index (χ0n) is 12.7. The molecule has 4 heteroatoms. The Hall–Kier alpha value is -1.45. The fraction of sp³-hybridized carbons (Fsp3) is 0.706. The van der Waals surface area contributed by atoms with Gasteiger partial charge in [-0.3, -0.25) is 4.79 Å². The van der Waals surface area contributed by atoms with Crippen LogP contribution >= 0.6 is 0 Å². The molecule has 0 radical (unpaired) electrons. The third kappa shape index (κ3) is 3.80. The number of nitrogens with zero attached hydrogens (tertiary/aromatic N) is 2. The van der Waals surface area contributed by atoms with Crippen LogP contribution in [0.3, 0.4) is 0 Å². The van der Waals surface area contributed by atoms with Crippen LogP contribution in [0.15, 0.2) is 12.5 Å². The molecule has 21 heavy (non-hydrogen) atoms. The Morgan fingerprint density at radius 2 is 2.05 bits per heavy atom. The Morgan fingerprint density at radius 1 is 1.19 bits per heavy atom. The van der Waals surface area contributed by atoms with E-state index in [1.54, 1.807) is 6.33 Å². The molecule has 1 saturated carbocycles. The highest BCUT2D eigenvalue weighted by atomic mass is 16.1. The molecule has 0 aliphatic heterocycles. The van der Waals surface area contributed by atoms with E-state index in [-0.39, 0.29) is 11.9 Å². The molecule has 0 unspecified atom stereocenters. The van der Waals surface area contributed by atoms with Gasteiger partial charge in [-0.1, -0.05) is 32.1 Å². The van der Waals surface area contributed by atoms with E-state index in [4.69, 9.17) is 0 Å². The molecule has 1 amide bonds. The molecule has 114 valence electrons. The summed E-state index contributed by atoms with van der Waals surface area (Å²) in [4.78, 5) is 20.7. The summed E-state index contributed by atoms with van der Waals surface area (Å²) in [6, 6.07) is 0.119. The Kier molecular flexibility index (Phi) is 4.84. The number of aromatic nitrogens is 2. The topological polar surface area (TPSA) is 54.9 Å². The molecule has 1 fully saturated rings. The highest BCUT2D eigenvalue weighted by Gasteiger charge is 2.23. The van der Waals surface area contributed by atoms with Gasteiger partial charge in [-0.15, -0.1) is 0 Å². The summed E-state index contributed by atoms with van der Waals surface area (Å²) >= 11 is 0. The largest absolute Gasteiger partial charge is 0.349 e. The summed E-state index contributed by atoms with van der Waals surface area (Å²) in [5, 5.41) is 3.20. The Bertz CT molecular complexity index is 483. The predicted octanol–water partition coefficient (Wildman–Crippen LogP) is 3.33. The van der Waals surface area contributed by atoms with E-state index in [0.717, 1.165) is 42.9 Å². The molecule has 2 aliphatic carbocycles. The van der Waals surface area contributed by atoms with Crippen molar-refractivity contribution in [2.75, 3.05) is 0 Å². The van der Waals surface area contributed by atoms with E-state index >= 15 is 0 Å². The minimum absolute atomic E-state index is 0.119. The van der Waals surface area contributed by atoms with E-state index in [2.05, 4.69) is 15.3 Å². The van der Waals surface area contributed by atoms with Gasteiger partial charge in [0, 0.05) is 23.9 Å². The van der Waals surface area contributed by atoms with Crippen LogP contribution in [0, 0.1) is 5.92 Å². The molecule has 0 saturated heterocycles. The molecule has 0 aromatic carbocycles. The molecule has 1 N–H and O–H groups in total. The smallest absolute Gasteiger partial charge is 0.220 e. The molecule has 1 atom stereocenters. The number of carbonyl (C=O) groups is 1. The number of aryl methyl sites for hydroxylation is 1. The highest BCUT2D eigenvalue weighted by Crippen LogP contribution is 2.29. The van der Waals surface area contributed by atoms with Crippen LogP contribution in [-0.4, -0.2) is 15.9 Å². The molecule has 3 rings (SSSR count). The van der Waals surface area contributed by atoms with Gasteiger partial charge in [0.1, 0.15) is 6.33 Å². The number of hydrogen-bond donors (Lipinski definition) is 1. The lowest BCUT2D eigenvalue weighted by molar-refractivity contribution is -0.122. The quantitative estimate of drug-likeness (QED) is 0.924. The van der Waals surface area contributed by atoms with Gasteiger partial charge >= 0.3 is 0 Å². The first kappa shape index (κ1) is 14.5. The van der Waals surface area contributed by atoms with E-state index in [0.29, 0.717) is 6.42 Å². The molecular formula is C17H25N3O. The zero-order chi connectivity index (χ0) is 14.5. The van der Waals surface area contributed by atoms with E-state index in [9.17, 15) is 4.79 Å².